The van der Waals surface area contributed by atoms with Crippen molar-refractivity contribution in [1.29, 1.82) is 0 Å². The molecule has 2 aromatic rings. The first-order valence-corrected chi connectivity index (χ1v) is 6.96. The fourth-order valence-electron chi connectivity index (χ4n) is 2.25. The van der Waals surface area contributed by atoms with Gasteiger partial charge in [0.1, 0.15) is 11.4 Å². The molecule has 0 amide bonds. The second-order valence-electron chi connectivity index (χ2n) is 4.86. The van der Waals surface area contributed by atoms with Crippen molar-refractivity contribution in [1.82, 2.24) is 9.78 Å². The molecule has 5 nitrogen and oxygen atoms in total. The van der Waals surface area contributed by atoms with E-state index >= 15 is 0 Å². The van der Waals surface area contributed by atoms with Crippen LogP contribution in [0.4, 0.5) is 0 Å². The van der Waals surface area contributed by atoms with Crippen LogP contribution in [0, 0.1) is 0 Å². The van der Waals surface area contributed by atoms with Gasteiger partial charge in [0, 0.05) is 7.11 Å². The summed E-state index contributed by atoms with van der Waals surface area (Å²) in [4.78, 5) is 0. The van der Waals surface area contributed by atoms with E-state index in [4.69, 9.17) is 21.1 Å². The summed E-state index contributed by atoms with van der Waals surface area (Å²) in [5, 5.41) is 15.6. The predicted octanol–water partition coefficient (Wildman–Crippen LogP) is 2.45. The lowest BCUT2D eigenvalue weighted by Gasteiger charge is -2.25. The van der Waals surface area contributed by atoms with Gasteiger partial charge in [-0.15, -0.1) is 0 Å². The third-order valence-electron chi connectivity index (χ3n) is 3.42. The van der Waals surface area contributed by atoms with E-state index < -0.39 is 5.60 Å². The third-order valence-corrected chi connectivity index (χ3v) is 3.69. The number of aliphatic hydroxyl groups is 1. The molecule has 1 N–H and O–H groups in total. The van der Waals surface area contributed by atoms with Crippen molar-refractivity contribution in [2.45, 2.75) is 19.1 Å². The Morgan fingerprint density at radius 2 is 1.95 bits per heavy atom. The molecule has 0 saturated carbocycles. The van der Waals surface area contributed by atoms with Gasteiger partial charge in [-0.2, -0.15) is 5.10 Å². The molecule has 0 aliphatic rings. The number of hydrogen-bond acceptors (Lipinski definition) is 4. The number of halogens is 1. The number of rotatable bonds is 6. The first-order chi connectivity index (χ1) is 10.0. The number of hydrogen-bond donors (Lipinski definition) is 1. The van der Waals surface area contributed by atoms with Crippen molar-refractivity contribution in [3.05, 3.63) is 46.7 Å². The van der Waals surface area contributed by atoms with Gasteiger partial charge in [0.2, 0.25) is 0 Å². The highest BCUT2D eigenvalue weighted by Gasteiger charge is 2.32. The van der Waals surface area contributed by atoms with Gasteiger partial charge in [0.25, 0.3) is 0 Å². The monoisotopic (exact) mass is 310 g/mol. The number of ether oxygens (including phenoxy) is 2. The van der Waals surface area contributed by atoms with Crippen molar-refractivity contribution in [2.75, 3.05) is 20.8 Å². The summed E-state index contributed by atoms with van der Waals surface area (Å²) in [7, 11) is 3.22. The molecule has 0 aliphatic carbocycles. The molecule has 0 saturated heterocycles. The molecule has 1 unspecified atom stereocenters. The first kappa shape index (κ1) is 15.8. The van der Waals surface area contributed by atoms with Crippen LogP contribution in [0.15, 0.2) is 30.5 Å². The van der Waals surface area contributed by atoms with Gasteiger partial charge >= 0.3 is 0 Å². The lowest BCUT2D eigenvalue weighted by Crippen LogP contribution is -2.28. The SMILES string of the molecule is COCCn1ncc(Cl)c1C(C)(O)c1ccc(OC)cc1. The molecule has 0 bridgehead atoms. The van der Waals surface area contributed by atoms with Gasteiger partial charge in [0.05, 0.1) is 37.2 Å². The summed E-state index contributed by atoms with van der Waals surface area (Å²) in [6, 6.07) is 7.22. The zero-order valence-electron chi connectivity index (χ0n) is 12.3. The highest BCUT2D eigenvalue weighted by Crippen LogP contribution is 2.34. The number of methoxy groups -OCH3 is 2. The summed E-state index contributed by atoms with van der Waals surface area (Å²) in [6.45, 7) is 2.70. The maximum atomic E-state index is 10.9. The maximum absolute atomic E-state index is 10.9. The molecular weight excluding hydrogens is 292 g/mol. The fourth-order valence-corrected chi connectivity index (χ4v) is 2.57. The minimum absolute atomic E-state index is 0.423. The van der Waals surface area contributed by atoms with Crippen LogP contribution in [-0.2, 0) is 16.9 Å². The second kappa shape index (κ2) is 6.47. The van der Waals surface area contributed by atoms with Crippen LogP contribution in [-0.4, -0.2) is 35.7 Å². The molecule has 1 atom stereocenters. The first-order valence-electron chi connectivity index (χ1n) is 6.58. The molecule has 1 aromatic heterocycles. The van der Waals surface area contributed by atoms with E-state index in [-0.39, 0.29) is 0 Å². The topological polar surface area (TPSA) is 56.5 Å². The van der Waals surface area contributed by atoms with Gasteiger partial charge in [-0.1, -0.05) is 23.7 Å². The lowest BCUT2D eigenvalue weighted by molar-refractivity contribution is 0.0883. The third kappa shape index (κ3) is 3.20. The normalized spacial score (nSPS) is 14.0. The molecule has 0 aliphatic heterocycles. The molecule has 0 spiro atoms. The minimum atomic E-state index is -1.26. The predicted molar refractivity (Wildman–Crippen MR) is 80.8 cm³/mol. The summed E-state index contributed by atoms with van der Waals surface area (Å²) in [5.41, 5.74) is 0.00360. The quantitative estimate of drug-likeness (QED) is 0.890. The smallest absolute Gasteiger partial charge is 0.130 e. The van der Waals surface area contributed by atoms with E-state index in [1.54, 1.807) is 38.0 Å². The van der Waals surface area contributed by atoms with Gasteiger partial charge < -0.3 is 14.6 Å². The van der Waals surface area contributed by atoms with Crippen LogP contribution in [0.5, 0.6) is 5.75 Å². The molecule has 0 fully saturated rings. The molecule has 1 heterocycles. The van der Waals surface area contributed by atoms with E-state index in [0.29, 0.717) is 29.4 Å². The van der Waals surface area contributed by atoms with Crippen molar-refractivity contribution in [2.24, 2.45) is 0 Å². The number of nitrogens with zero attached hydrogens (tertiary/aromatic N) is 2. The Kier molecular flexibility index (Phi) is 4.88. The van der Waals surface area contributed by atoms with Gasteiger partial charge in [-0.05, 0) is 24.6 Å². The van der Waals surface area contributed by atoms with Crippen LogP contribution in [0.2, 0.25) is 5.02 Å². The standard InChI is InChI=1S/C15H19ClN2O3/c1-15(19,11-4-6-12(21-3)7-5-11)14-13(16)10-17-18(14)8-9-20-2/h4-7,10,19H,8-9H2,1-3H3. The van der Waals surface area contributed by atoms with Crippen molar-refractivity contribution in [3.63, 3.8) is 0 Å². The average molecular weight is 311 g/mol. The second-order valence-corrected chi connectivity index (χ2v) is 5.26. The Balaban J connectivity index is 2.39. The molecule has 0 radical (unpaired) electrons. The molecule has 1 aromatic carbocycles. The summed E-state index contributed by atoms with van der Waals surface area (Å²) in [5.74, 6) is 0.730. The van der Waals surface area contributed by atoms with Crippen molar-refractivity contribution < 1.29 is 14.6 Å². The average Bonchev–Trinajstić information content (AvgIpc) is 2.86. The zero-order valence-corrected chi connectivity index (χ0v) is 13.1. The van der Waals surface area contributed by atoms with Gasteiger partial charge in [-0.3, -0.25) is 4.68 Å². The summed E-state index contributed by atoms with van der Waals surface area (Å²) < 4.78 is 11.9. The van der Waals surface area contributed by atoms with E-state index in [0.717, 1.165) is 5.75 Å². The maximum Gasteiger partial charge on any atom is 0.130 e. The van der Waals surface area contributed by atoms with Crippen LogP contribution in [0.1, 0.15) is 18.2 Å². The van der Waals surface area contributed by atoms with E-state index in [1.807, 2.05) is 12.1 Å². The molecule has 2 rings (SSSR count). The van der Waals surface area contributed by atoms with E-state index in [9.17, 15) is 5.11 Å². The van der Waals surface area contributed by atoms with Crippen LogP contribution in [0.25, 0.3) is 0 Å². The summed E-state index contributed by atoms with van der Waals surface area (Å²) in [6.07, 6.45) is 1.53. The Labute approximate surface area is 129 Å². The van der Waals surface area contributed by atoms with Crippen LogP contribution < -0.4 is 4.74 Å². The molecule has 114 valence electrons. The van der Waals surface area contributed by atoms with E-state index in [2.05, 4.69) is 5.10 Å². The number of benzene rings is 1. The molecule has 21 heavy (non-hydrogen) atoms. The number of aromatic nitrogens is 2. The van der Waals surface area contributed by atoms with Crippen molar-refractivity contribution in [3.8, 4) is 5.75 Å². The van der Waals surface area contributed by atoms with E-state index in [1.165, 1.54) is 6.20 Å². The Hall–Kier alpha value is -1.56. The minimum Gasteiger partial charge on any atom is -0.497 e. The highest BCUT2D eigenvalue weighted by atomic mass is 35.5. The lowest BCUT2D eigenvalue weighted by atomic mass is 9.92. The van der Waals surface area contributed by atoms with Crippen LogP contribution >= 0.6 is 11.6 Å². The molecular formula is C15H19ClN2O3. The highest BCUT2D eigenvalue weighted by molar-refractivity contribution is 6.31. The van der Waals surface area contributed by atoms with Crippen LogP contribution in [0.3, 0.4) is 0 Å². The zero-order chi connectivity index (χ0) is 15.5. The largest absolute Gasteiger partial charge is 0.497 e. The summed E-state index contributed by atoms with van der Waals surface area (Å²) >= 11 is 6.21. The fraction of sp³-hybridized carbons (Fsp3) is 0.400. The Bertz CT molecular complexity index is 593. The van der Waals surface area contributed by atoms with Gasteiger partial charge in [0.15, 0.2) is 0 Å². The van der Waals surface area contributed by atoms with Crippen molar-refractivity contribution >= 4 is 11.6 Å². The Morgan fingerprint density at radius 3 is 2.52 bits per heavy atom. The Morgan fingerprint density at radius 1 is 1.29 bits per heavy atom. The molecule has 6 heteroatoms. The van der Waals surface area contributed by atoms with Gasteiger partial charge in [-0.25, -0.2) is 0 Å².